The van der Waals surface area contributed by atoms with Crippen LogP contribution in [0, 0.1) is 12.8 Å². The van der Waals surface area contributed by atoms with Gasteiger partial charge in [-0.25, -0.2) is 0 Å². The van der Waals surface area contributed by atoms with E-state index >= 15 is 0 Å². The van der Waals surface area contributed by atoms with E-state index in [1.54, 1.807) is 38.3 Å². The molecule has 2 aromatic carbocycles. The van der Waals surface area contributed by atoms with Gasteiger partial charge < -0.3 is 13.9 Å². The fourth-order valence-electron chi connectivity index (χ4n) is 5.09. The maximum atomic E-state index is 13.7. The van der Waals surface area contributed by atoms with Crippen LogP contribution in [0.4, 0.5) is 0 Å². The van der Waals surface area contributed by atoms with Gasteiger partial charge in [0.1, 0.15) is 23.9 Å². The molecule has 2 aliphatic rings. The van der Waals surface area contributed by atoms with Gasteiger partial charge in [-0.05, 0) is 56.5 Å². The summed E-state index contributed by atoms with van der Waals surface area (Å²) < 4.78 is 16.7. The van der Waals surface area contributed by atoms with E-state index < -0.39 is 17.8 Å². The van der Waals surface area contributed by atoms with Crippen molar-refractivity contribution in [2.45, 2.75) is 45.6 Å². The fourth-order valence-corrected chi connectivity index (χ4v) is 5.09. The minimum absolute atomic E-state index is 0.0463. The third-order valence-corrected chi connectivity index (χ3v) is 6.92. The van der Waals surface area contributed by atoms with E-state index in [1.165, 1.54) is 6.26 Å². The molecule has 184 valence electrons. The summed E-state index contributed by atoms with van der Waals surface area (Å²) in [6.45, 7) is 3.69. The monoisotopic (exact) mass is 485 g/mol. The Bertz CT molecular complexity index is 1480. The number of hydrogen-bond acceptors (Lipinski definition) is 7. The molecule has 0 saturated heterocycles. The average molecular weight is 486 g/mol. The number of ketones is 1. The van der Waals surface area contributed by atoms with Crippen LogP contribution in [-0.2, 0) is 20.9 Å². The second kappa shape index (κ2) is 9.57. The van der Waals surface area contributed by atoms with Crippen LogP contribution < -0.4 is 10.2 Å². The number of ether oxygens (including phenoxy) is 2. The van der Waals surface area contributed by atoms with Crippen molar-refractivity contribution in [1.82, 2.24) is 0 Å². The highest BCUT2D eigenvalue weighted by atomic mass is 16.5. The van der Waals surface area contributed by atoms with E-state index in [4.69, 9.17) is 13.9 Å². The van der Waals surface area contributed by atoms with Crippen LogP contribution >= 0.6 is 0 Å². The molecule has 36 heavy (non-hydrogen) atoms. The van der Waals surface area contributed by atoms with Gasteiger partial charge in [0.05, 0.1) is 18.8 Å². The first kappa shape index (κ1) is 23.7. The van der Waals surface area contributed by atoms with E-state index in [0.29, 0.717) is 53.0 Å². The van der Waals surface area contributed by atoms with Crippen LogP contribution in [0.1, 0.15) is 48.8 Å². The number of nitrogens with zero attached hydrogens (tertiary/aromatic N) is 1. The Morgan fingerprint density at radius 3 is 2.61 bits per heavy atom. The predicted molar refractivity (Wildman–Crippen MR) is 135 cm³/mol. The third kappa shape index (κ3) is 4.26. The number of esters is 1. The summed E-state index contributed by atoms with van der Waals surface area (Å²) in [6, 6.07) is 12.6. The second-order valence-corrected chi connectivity index (χ2v) is 9.32. The van der Waals surface area contributed by atoms with Crippen LogP contribution in [-0.4, -0.2) is 24.6 Å². The van der Waals surface area contributed by atoms with Gasteiger partial charge in [0.2, 0.25) is 0 Å². The first-order chi connectivity index (χ1) is 17.4. The molecular weight excluding hydrogens is 458 g/mol. The lowest BCUT2D eigenvalue weighted by molar-refractivity contribution is -0.148. The molecule has 1 aliphatic heterocycles. The number of carbonyl (C=O) groups is 2. The fraction of sp³-hybridized carbons (Fsp3) is 0.310. The number of methoxy groups -OCH3 is 1. The van der Waals surface area contributed by atoms with Crippen LogP contribution in [0.5, 0.6) is 5.75 Å². The number of aliphatic imine (C=N–C) groups is 1. The van der Waals surface area contributed by atoms with Crippen LogP contribution in [0.2, 0.25) is 0 Å². The van der Waals surface area contributed by atoms with Crippen LogP contribution in [0.15, 0.2) is 74.2 Å². The molecule has 0 bridgehead atoms. The van der Waals surface area contributed by atoms with Gasteiger partial charge in [-0.1, -0.05) is 23.8 Å². The van der Waals surface area contributed by atoms with Crippen molar-refractivity contribution in [2.24, 2.45) is 10.9 Å². The third-order valence-electron chi connectivity index (χ3n) is 6.92. The summed E-state index contributed by atoms with van der Waals surface area (Å²) in [5, 5.41) is 0.420. The SMILES string of the molecule is COc1ccc(COC(=O)C2C(C)=NC3=C(C(=O)CCC3)C2c2coc3ccc(C)cc3c2=O)cc1. The summed E-state index contributed by atoms with van der Waals surface area (Å²) in [7, 11) is 1.58. The van der Waals surface area contributed by atoms with E-state index in [0.717, 1.165) is 11.1 Å². The van der Waals surface area contributed by atoms with Crippen LogP contribution in [0.25, 0.3) is 11.0 Å². The highest BCUT2D eigenvalue weighted by molar-refractivity contribution is 6.09. The van der Waals surface area contributed by atoms with Crippen molar-refractivity contribution in [3.05, 3.63) is 86.9 Å². The standard InChI is InChI=1S/C29H27NO6/c1-16-7-12-24-20(13-16)28(32)21(15-35-24)26-25(17(2)30-22-5-4-6-23(31)27(22)26)29(33)36-14-18-8-10-19(34-3)11-9-18/h7-13,15,25-26H,4-6,14H2,1-3H3. The molecule has 0 N–H and O–H groups in total. The quantitative estimate of drug-likeness (QED) is 0.470. The Morgan fingerprint density at radius 2 is 1.86 bits per heavy atom. The lowest BCUT2D eigenvalue weighted by atomic mass is 9.72. The number of Topliss-reactive ketones (excluding diaryl/α,β-unsaturated/α-hetero) is 1. The van der Waals surface area contributed by atoms with Gasteiger partial charge in [0.25, 0.3) is 0 Å². The Kier molecular flexibility index (Phi) is 6.31. The minimum atomic E-state index is -0.908. The maximum Gasteiger partial charge on any atom is 0.315 e. The first-order valence-electron chi connectivity index (χ1n) is 12.0. The zero-order valence-corrected chi connectivity index (χ0v) is 20.5. The van der Waals surface area contributed by atoms with E-state index in [9.17, 15) is 14.4 Å². The molecule has 0 amide bonds. The van der Waals surface area contributed by atoms with Gasteiger partial charge in [0.15, 0.2) is 11.2 Å². The lowest BCUT2D eigenvalue weighted by Gasteiger charge is -2.33. The smallest absolute Gasteiger partial charge is 0.315 e. The summed E-state index contributed by atoms with van der Waals surface area (Å²) in [6.07, 6.45) is 3.06. The first-order valence-corrected chi connectivity index (χ1v) is 12.0. The number of fused-ring (bicyclic) bond motifs is 1. The number of allylic oxidation sites excluding steroid dienone is 2. The van der Waals surface area contributed by atoms with Gasteiger partial charge >= 0.3 is 5.97 Å². The summed E-state index contributed by atoms with van der Waals surface area (Å²) in [5.74, 6) is -1.64. The second-order valence-electron chi connectivity index (χ2n) is 9.32. The zero-order valence-electron chi connectivity index (χ0n) is 20.5. The van der Waals surface area contributed by atoms with Crippen molar-refractivity contribution in [3.63, 3.8) is 0 Å². The number of aryl methyl sites for hydroxylation is 1. The molecule has 0 fully saturated rings. The molecule has 2 heterocycles. The van der Waals surface area contributed by atoms with Gasteiger partial charge in [-0.3, -0.25) is 19.4 Å². The molecule has 2 atom stereocenters. The number of carbonyl (C=O) groups excluding carboxylic acids is 2. The van der Waals surface area contributed by atoms with Crippen molar-refractivity contribution in [1.29, 1.82) is 0 Å². The molecular formula is C29H27NO6. The molecule has 7 heteroatoms. The van der Waals surface area contributed by atoms with Gasteiger partial charge in [-0.15, -0.1) is 0 Å². The van der Waals surface area contributed by atoms with Crippen molar-refractivity contribution in [3.8, 4) is 5.75 Å². The molecule has 5 rings (SSSR count). The molecule has 3 aromatic rings. The van der Waals surface area contributed by atoms with E-state index in [-0.39, 0.29) is 23.4 Å². The van der Waals surface area contributed by atoms with Crippen LogP contribution in [0.3, 0.4) is 0 Å². The Hall–Kier alpha value is -4.00. The predicted octanol–water partition coefficient (Wildman–Crippen LogP) is 5.03. The molecule has 1 aliphatic carbocycles. The maximum absolute atomic E-state index is 13.7. The Labute approximate surface area is 208 Å². The minimum Gasteiger partial charge on any atom is -0.497 e. The normalized spacial score (nSPS) is 19.6. The molecule has 0 spiro atoms. The van der Waals surface area contributed by atoms with Crippen molar-refractivity contribution < 1.29 is 23.5 Å². The Balaban J connectivity index is 1.56. The van der Waals surface area contributed by atoms with Gasteiger partial charge in [-0.2, -0.15) is 0 Å². The molecule has 2 unspecified atom stereocenters. The summed E-state index contributed by atoms with van der Waals surface area (Å²) >= 11 is 0. The number of hydrogen-bond donors (Lipinski definition) is 0. The Morgan fingerprint density at radius 1 is 1.08 bits per heavy atom. The zero-order chi connectivity index (χ0) is 25.4. The van der Waals surface area contributed by atoms with Crippen molar-refractivity contribution in [2.75, 3.05) is 7.11 Å². The average Bonchev–Trinajstić information content (AvgIpc) is 2.87. The highest BCUT2D eigenvalue weighted by Crippen LogP contribution is 2.43. The van der Waals surface area contributed by atoms with E-state index in [2.05, 4.69) is 4.99 Å². The molecule has 1 aromatic heterocycles. The summed E-state index contributed by atoms with van der Waals surface area (Å²) in [4.78, 5) is 45.0. The van der Waals surface area contributed by atoms with Crippen molar-refractivity contribution >= 4 is 28.4 Å². The summed E-state index contributed by atoms with van der Waals surface area (Å²) in [5.41, 5.74) is 3.79. The van der Waals surface area contributed by atoms with Gasteiger partial charge in [0, 0.05) is 34.9 Å². The largest absolute Gasteiger partial charge is 0.497 e. The molecule has 0 radical (unpaired) electrons. The topological polar surface area (TPSA) is 95.2 Å². The van der Waals surface area contributed by atoms with E-state index in [1.807, 2.05) is 25.1 Å². The lowest BCUT2D eigenvalue weighted by Crippen LogP contribution is -2.39. The molecule has 7 nitrogen and oxygen atoms in total. The number of benzene rings is 2. The molecule has 0 saturated carbocycles. The highest BCUT2D eigenvalue weighted by Gasteiger charge is 2.44. The number of rotatable bonds is 5.